The van der Waals surface area contributed by atoms with Crippen LogP contribution in [0.15, 0.2) is 5.38 Å². The number of carbonyl (C=O) groups excluding carboxylic acids is 2. The molecule has 2 saturated heterocycles. The van der Waals surface area contributed by atoms with Gasteiger partial charge in [-0.1, -0.05) is 0 Å². The van der Waals surface area contributed by atoms with Crippen LogP contribution < -0.4 is 10.6 Å². The van der Waals surface area contributed by atoms with Gasteiger partial charge in [0.25, 0.3) is 0 Å². The molecule has 0 radical (unpaired) electrons. The molecular formula is C14H19N3O4S. The van der Waals surface area contributed by atoms with Crippen LogP contribution in [0.5, 0.6) is 0 Å². The van der Waals surface area contributed by atoms with Crippen molar-refractivity contribution in [3.63, 3.8) is 0 Å². The molecule has 0 aliphatic carbocycles. The number of carbonyl (C=O) groups is 2. The van der Waals surface area contributed by atoms with Gasteiger partial charge in [0.1, 0.15) is 12.2 Å². The van der Waals surface area contributed by atoms with Crippen LogP contribution in [0, 0.1) is 6.92 Å². The Bertz CT molecular complexity index is 576. The summed E-state index contributed by atoms with van der Waals surface area (Å²) in [5.74, 6) is -0.199. The smallest absolute Gasteiger partial charge is 0.226 e. The molecule has 120 valence electrons. The highest BCUT2D eigenvalue weighted by atomic mass is 32.1. The maximum Gasteiger partial charge on any atom is 0.226 e. The van der Waals surface area contributed by atoms with Crippen molar-refractivity contribution >= 4 is 23.2 Å². The topological polar surface area (TPSA) is 89.5 Å². The van der Waals surface area contributed by atoms with Gasteiger partial charge in [0.15, 0.2) is 0 Å². The van der Waals surface area contributed by atoms with E-state index >= 15 is 0 Å². The molecule has 2 aliphatic rings. The summed E-state index contributed by atoms with van der Waals surface area (Å²) in [4.78, 5) is 27.5. The lowest BCUT2D eigenvalue weighted by Gasteiger charge is -2.17. The SMILES string of the molecule is CC(=O)N[C@H]1CO[C@H]2[C@@H]1OC[C@@H]2NC(=O)Cc1csc(C)n1. The molecule has 1 aromatic rings. The van der Waals surface area contributed by atoms with Crippen LogP contribution in [0.1, 0.15) is 17.6 Å². The lowest BCUT2D eigenvalue weighted by atomic mass is 10.1. The van der Waals surface area contributed by atoms with Crippen LogP contribution in [0.25, 0.3) is 0 Å². The summed E-state index contributed by atoms with van der Waals surface area (Å²) in [5, 5.41) is 8.60. The number of fused-ring (bicyclic) bond motifs is 1. The van der Waals surface area contributed by atoms with Crippen molar-refractivity contribution in [2.75, 3.05) is 13.2 Å². The van der Waals surface area contributed by atoms with Crippen molar-refractivity contribution in [3.8, 4) is 0 Å². The van der Waals surface area contributed by atoms with Gasteiger partial charge in [-0.2, -0.15) is 0 Å². The number of aryl methyl sites for hydroxylation is 1. The fourth-order valence-corrected chi connectivity index (χ4v) is 3.53. The molecule has 0 spiro atoms. The predicted molar refractivity (Wildman–Crippen MR) is 79.6 cm³/mol. The van der Waals surface area contributed by atoms with Gasteiger partial charge in [-0.05, 0) is 6.92 Å². The number of hydrogen-bond acceptors (Lipinski definition) is 6. The molecule has 2 amide bonds. The Morgan fingerprint density at radius 3 is 2.45 bits per heavy atom. The number of aromatic nitrogens is 1. The molecule has 0 saturated carbocycles. The highest BCUT2D eigenvalue weighted by molar-refractivity contribution is 7.09. The summed E-state index contributed by atoms with van der Waals surface area (Å²) in [6.07, 6.45) is -0.151. The Balaban J connectivity index is 1.54. The Kier molecular flexibility index (Phi) is 4.42. The second-order valence-electron chi connectivity index (χ2n) is 5.61. The third kappa shape index (κ3) is 3.29. The monoisotopic (exact) mass is 325 g/mol. The van der Waals surface area contributed by atoms with E-state index in [9.17, 15) is 9.59 Å². The van der Waals surface area contributed by atoms with Gasteiger partial charge in [-0.3, -0.25) is 9.59 Å². The Morgan fingerprint density at radius 2 is 1.91 bits per heavy atom. The minimum Gasteiger partial charge on any atom is -0.371 e. The third-order valence-electron chi connectivity index (χ3n) is 3.80. The highest BCUT2D eigenvalue weighted by Crippen LogP contribution is 2.27. The molecule has 2 N–H and O–H groups in total. The maximum absolute atomic E-state index is 12.1. The minimum absolute atomic E-state index is 0.0915. The summed E-state index contributed by atoms with van der Waals surface area (Å²) in [7, 11) is 0. The summed E-state index contributed by atoms with van der Waals surface area (Å²) in [6.45, 7) is 4.19. The number of hydrogen-bond donors (Lipinski definition) is 2. The molecule has 0 aromatic carbocycles. The molecule has 2 aliphatic heterocycles. The number of nitrogens with zero attached hydrogens (tertiary/aromatic N) is 1. The number of ether oxygens (including phenoxy) is 2. The van der Waals surface area contributed by atoms with E-state index in [4.69, 9.17) is 9.47 Å². The molecule has 8 heteroatoms. The lowest BCUT2D eigenvalue weighted by molar-refractivity contribution is -0.122. The first-order chi connectivity index (χ1) is 10.5. The van der Waals surface area contributed by atoms with E-state index in [1.165, 1.54) is 18.3 Å². The number of thiazole rings is 1. The number of amides is 2. The average Bonchev–Trinajstić information content (AvgIpc) is 3.10. The van der Waals surface area contributed by atoms with Crippen LogP contribution in [-0.4, -0.2) is 54.3 Å². The average molecular weight is 325 g/mol. The minimum atomic E-state index is -0.210. The zero-order valence-corrected chi connectivity index (χ0v) is 13.3. The summed E-state index contributed by atoms with van der Waals surface area (Å²) < 4.78 is 11.4. The van der Waals surface area contributed by atoms with Crippen molar-refractivity contribution in [3.05, 3.63) is 16.1 Å². The van der Waals surface area contributed by atoms with Crippen LogP contribution in [0.2, 0.25) is 0 Å². The van der Waals surface area contributed by atoms with E-state index in [1.54, 1.807) is 0 Å². The molecule has 3 heterocycles. The zero-order valence-electron chi connectivity index (χ0n) is 12.5. The highest BCUT2D eigenvalue weighted by Gasteiger charge is 2.48. The zero-order chi connectivity index (χ0) is 15.7. The molecule has 0 unspecified atom stereocenters. The van der Waals surface area contributed by atoms with Crippen molar-refractivity contribution in [1.29, 1.82) is 0 Å². The Hall–Kier alpha value is -1.51. The normalized spacial score (nSPS) is 30.1. The van der Waals surface area contributed by atoms with E-state index in [-0.39, 0.29) is 42.5 Å². The fraction of sp³-hybridized carbons (Fsp3) is 0.643. The van der Waals surface area contributed by atoms with Gasteiger partial charge in [-0.25, -0.2) is 4.98 Å². The van der Waals surface area contributed by atoms with Crippen molar-refractivity contribution in [2.24, 2.45) is 0 Å². The molecule has 4 atom stereocenters. The van der Waals surface area contributed by atoms with E-state index in [0.717, 1.165) is 10.7 Å². The molecule has 7 nitrogen and oxygen atoms in total. The Labute approximate surface area is 132 Å². The van der Waals surface area contributed by atoms with E-state index in [2.05, 4.69) is 15.6 Å². The lowest BCUT2D eigenvalue weighted by Crippen LogP contribution is -2.46. The summed E-state index contributed by atoms with van der Waals surface area (Å²) >= 11 is 1.53. The van der Waals surface area contributed by atoms with Crippen molar-refractivity contribution in [2.45, 2.75) is 44.6 Å². The van der Waals surface area contributed by atoms with Crippen LogP contribution in [-0.2, 0) is 25.5 Å². The first-order valence-corrected chi connectivity index (χ1v) is 8.11. The van der Waals surface area contributed by atoms with E-state index in [0.29, 0.717) is 13.2 Å². The van der Waals surface area contributed by atoms with Gasteiger partial charge in [0.05, 0.1) is 42.4 Å². The molecule has 0 bridgehead atoms. The third-order valence-corrected chi connectivity index (χ3v) is 4.62. The fourth-order valence-electron chi connectivity index (χ4n) is 2.92. The van der Waals surface area contributed by atoms with Gasteiger partial charge in [-0.15, -0.1) is 11.3 Å². The number of rotatable bonds is 4. The molecule has 22 heavy (non-hydrogen) atoms. The summed E-state index contributed by atoms with van der Waals surface area (Å²) in [6, 6.07) is -0.332. The van der Waals surface area contributed by atoms with Crippen LogP contribution in [0.3, 0.4) is 0 Å². The van der Waals surface area contributed by atoms with Crippen molar-refractivity contribution in [1.82, 2.24) is 15.6 Å². The van der Waals surface area contributed by atoms with E-state index < -0.39 is 0 Å². The van der Waals surface area contributed by atoms with Gasteiger partial charge in [0, 0.05) is 12.3 Å². The largest absolute Gasteiger partial charge is 0.371 e. The molecule has 1 aromatic heterocycles. The van der Waals surface area contributed by atoms with E-state index in [1.807, 2.05) is 12.3 Å². The predicted octanol–water partition coefficient (Wildman–Crippen LogP) is -0.219. The standard InChI is InChI=1S/C14H19N3O4S/c1-7(18)15-10-4-20-14-11(5-21-13(10)14)17-12(19)3-9-6-22-8(2)16-9/h6,10-11,13-14H,3-5H2,1-2H3,(H,15,18)(H,17,19)/t10-,11-,13+,14+/m0/s1. The molecule has 3 rings (SSSR count). The van der Waals surface area contributed by atoms with Gasteiger partial charge < -0.3 is 20.1 Å². The van der Waals surface area contributed by atoms with Crippen LogP contribution >= 0.6 is 11.3 Å². The second kappa shape index (κ2) is 6.31. The van der Waals surface area contributed by atoms with Gasteiger partial charge in [0.2, 0.25) is 11.8 Å². The first-order valence-electron chi connectivity index (χ1n) is 7.23. The maximum atomic E-state index is 12.1. The quantitative estimate of drug-likeness (QED) is 0.799. The first kappa shape index (κ1) is 15.4. The Morgan fingerprint density at radius 1 is 1.27 bits per heavy atom. The molecular weight excluding hydrogens is 306 g/mol. The second-order valence-corrected chi connectivity index (χ2v) is 6.67. The van der Waals surface area contributed by atoms with Gasteiger partial charge >= 0.3 is 0 Å². The summed E-state index contributed by atoms with van der Waals surface area (Å²) in [5.41, 5.74) is 0.777. The van der Waals surface area contributed by atoms with Crippen molar-refractivity contribution < 1.29 is 19.1 Å². The number of nitrogens with one attached hydrogen (secondary N) is 2. The molecule has 2 fully saturated rings. The van der Waals surface area contributed by atoms with Crippen LogP contribution in [0.4, 0.5) is 0 Å².